The van der Waals surface area contributed by atoms with Gasteiger partial charge in [-0.1, -0.05) is 11.2 Å². The molecule has 0 bridgehead atoms. The van der Waals surface area contributed by atoms with Gasteiger partial charge in [0.15, 0.2) is 23.9 Å². The number of nitrogens with two attached hydrogens (primary N) is 2. The molecule has 2 aromatic rings. The first-order chi connectivity index (χ1) is 22.1. The van der Waals surface area contributed by atoms with Gasteiger partial charge in [-0.15, -0.1) is 0 Å². The highest BCUT2D eigenvalue weighted by molar-refractivity contribution is 7.61. The Balaban J connectivity index is 1.22. The van der Waals surface area contributed by atoms with Crippen LogP contribution in [-0.4, -0.2) is 116 Å². The summed E-state index contributed by atoms with van der Waals surface area (Å²) in [6.45, 7) is -2.27. The van der Waals surface area contributed by atoms with Crippen LogP contribution in [0.25, 0.3) is 21.6 Å². The number of rotatable bonds is 12. The largest absolute Gasteiger partial charge is 0.481 e. The molecule has 2 aromatic heterocycles. The number of aromatic nitrogens is 4. The molecule has 2 unspecified atom stereocenters. The molecule has 47 heavy (non-hydrogen) atoms. The maximum atomic E-state index is 12.6. The van der Waals surface area contributed by atoms with Crippen molar-refractivity contribution in [2.45, 2.75) is 55.1 Å². The maximum Gasteiger partial charge on any atom is 0.481 e. The van der Waals surface area contributed by atoms with E-state index in [1.165, 1.54) is 23.4 Å². The number of ether oxygens (including phenoxy) is 2. The number of aliphatic hydroxyl groups is 4. The lowest BCUT2D eigenvalue weighted by atomic mass is 10.1. The van der Waals surface area contributed by atoms with Gasteiger partial charge in [-0.3, -0.25) is 18.4 Å². The van der Waals surface area contributed by atoms with Crippen LogP contribution >= 0.6 is 15.6 Å². The number of fused-ring (bicyclic) bond motifs is 1. The SMILES string of the molecule is [N-]=[N+]=N[C@]1(COP(=O)(O)OP(=O)(O)OC[C@H]2O[C@@H](N3C=CCC(C(N)=O)=C3)[C@H](O)[C@@H]2O)O[C@@H](n2cnc3c(N)ncnc32)[C@H](O)[C@@H]1O. The monoisotopic (exact) mass is 706 g/mol. The number of anilines is 1. The summed E-state index contributed by atoms with van der Waals surface area (Å²) in [7, 11) is -11.1. The summed E-state index contributed by atoms with van der Waals surface area (Å²) in [5.74, 6) is -0.760. The summed E-state index contributed by atoms with van der Waals surface area (Å²) in [5.41, 5.74) is 17.8. The fraction of sp³-hybridized carbons (Fsp3) is 0.524. The number of amides is 1. The first-order valence-corrected chi connectivity index (χ1v) is 16.2. The van der Waals surface area contributed by atoms with Gasteiger partial charge in [-0.05, 0) is 12.0 Å². The molecule has 0 saturated carbocycles. The average Bonchev–Trinajstić information content (AvgIpc) is 3.64. The van der Waals surface area contributed by atoms with Crippen molar-refractivity contribution in [1.29, 1.82) is 0 Å². The lowest BCUT2D eigenvalue weighted by Crippen LogP contribution is -2.44. The van der Waals surface area contributed by atoms with Gasteiger partial charge in [0.2, 0.25) is 11.6 Å². The highest BCUT2D eigenvalue weighted by Gasteiger charge is 2.57. The highest BCUT2D eigenvalue weighted by atomic mass is 31.3. The Hall–Kier alpha value is -3.57. The Kier molecular flexibility index (Phi) is 9.72. The molecule has 0 spiro atoms. The van der Waals surface area contributed by atoms with Crippen molar-refractivity contribution >= 4 is 38.5 Å². The number of carbonyl (C=O) groups is 1. The number of hydrogen-bond donors (Lipinski definition) is 8. The van der Waals surface area contributed by atoms with E-state index in [0.717, 1.165) is 17.2 Å². The summed E-state index contributed by atoms with van der Waals surface area (Å²) >= 11 is 0. The fourth-order valence-corrected chi connectivity index (χ4v) is 6.99. The number of imidazole rings is 1. The molecule has 0 radical (unpaired) electrons. The predicted octanol–water partition coefficient (Wildman–Crippen LogP) is -2.05. The lowest BCUT2D eigenvalue weighted by molar-refractivity contribution is -0.121. The Morgan fingerprint density at radius 2 is 1.85 bits per heavy atom. The molecule has 10 atom stereocenters. The standard InChI is InChI=1S/C21H28N10O14P2/c22-16-11-18(26-7-25-16)31(8-27-11)20-14(34)15(35)21(44-20,28-29-24)6-42-47(39,40)45-46(37,38)41-5-10-12(32)13(33)19(43-10)30-3-1-2-9(4-30)17(23)36/h1,3-4,7-8,10,12-15,19-20,32-35H,2,5-6H2,(H2,23,36)(H,37,38)(H,39,40)(H2,22,25,26)/t10-,12-,13-,14-,15+,19-,20-,21-/m1/s1. The van der Waals surface area contributed by atoms with Crippen molar-refractivity contribution in [3.05, 3.63) is 47.1 Å². The minimum absolute atomic E-state index is 0.0273. The van der Waals surface area contributed by atoms with Crippen LogP contribution in [0.4, 0.5) is 5.82 Å². The molecule has 2 fully saturated rings. The molecule has 3 aliphatic rings. The third-order valence-corrected chi connectivity index (χ3v) is 9.77. The van der Waals surface area contributed by atoms with Crippen LogP contribution in [0.3, 0.4) is 0 Å². The fourth-order valence-electron chi connectivity index (χ4n) is 4.89. The van der Waals surface area contributed by atoms with Crippen LogP contribution in [0.2, 0.25) is 0 Å². The van der Waals surface area contributed by atoms with Gasteiger partial charge in [0.25, 0.3) is 0 Å². The number of nitrogen functional groups attached to an aromatic ring is 1. The van der Waals surface area contributed by atoms with Crippen LogP contribution in [0.15, 0.2) is 41.8 Å². The van der Waals surface area contributed by atoms with E-state index in [9.17, 15) is 44.1 Å². The summed E-state index contributed by atoms with van der Waals surface area (Å²) in [6.07, 6.45) is -4.96. The Morgan fingerprint density at radius 1 is 1.13 bits per heavy atom. The molecule has 0 aromatic carbocycles. The predicted molar refractivity (Wildman–Crippen MR) is 150 cm³/mol. The second-order valence-corrected chi connectivity index (χ2v) is 13.3. The van der Waals surface area contributed by atoms with Crippen molar-refractivity contribution in [3.8, 4) is 0 Å². The number of primary amides is 1. The highest BCUT2D eigenvalue weighted by Crippen LogP contribution is 2.61. The number of aliphatic hydroxyl groups excluding tert-OH is 4. The van der Waals surface area contributed by atoms with Crippen LogP contribution in [0.1, 0.15) is 12.6 Å². The zero-order chi connectivity index (χ0) is 34.3. The van der Waals surface area contributed by atoms with Crippen LogP contribution in [0.5, 0.6) is 0 Å². The smallest absolute Gasteiger partial charge is 0.387 e. The first kappa shape index (κ1) is 34.8. The molecular weight excluding hydrogens is 678 g/mol. The van der Waals surface area contributed by atoms with Gasteiger partial charge in [0.1, 0.15) is 42.4 Å². The van der Waals surface area contributed by atoms with Crippen molar-refractivity contribution in [2.75, 3.05) is 18.9 Å². The molecule has 10 N–H and O–H groups in total. The Labute approximate surface area is 262 Å². The van der Waals surface area contributed by atoms with E-state index in [0.29, 0.717) is 0 Å². The minimum atomic E-state index is -5.62. The van der Waals surface area contributed by atoms with Gasteiger partial charge in [0, 0.05) is 22.9 Å². The average molecular weight is 706 g/mol. The van der Waals surface area contributed by atoms with E-state index in [1.807, 2.05) is 0 Å². The zero-order valence-corrected chi connectivity index (χ0v) is 25.4. The Morgan fingerprint density at radius 3 is 2.55 bits per heavy atom. The summed E-state index contributed by atoms with van der Waals surface area (Å²) in [4.78, 5) is 47.3. The quantitative estimate of drug-likeness (QED) is 0.0509. The molecule has 256 valence electrons. The number of azide groups is 1. The molecule has 3 aliphatic heterocycles. The van der Waals surface area contributed by atoms with Crippen molar-refractivity contribution in [2.24, 2.45) is 10.8 Å². The normalized spacial score (nSPS) is 33.3. The minimum Gasteiger partial charge on any atom is -0.387 e. The van der Waals surface area contributed by atoms with Gasteiger partial charge in [0.05, 0.1) is 19.5 Å². The number of nitrogens with zero attached hydrogens (tertiary/aromatic N) is 8. The van der Waals surface area contributed by atoms with E-state index in [1.54, 1.807) is 0 Å². The van der Waals surface area contributed by atoms with Gasteiger partial charge in [-0.2, -0.15) is 4.31 Å². The van der Waals surface area contributed by atoms with E-state index in [-0.39, 0.29) is 29.0 Å². The van der Waals surface area contributed by atoms with Crippen LogP contribution in [-0.2, 0) is 36.8 Å². The van der Waals surface area contributed by atoms with Crippen LogP contribution in [0, 0.1) is 0 Å². The summed E-state index contributed by atoms with van der Waals surface area (Å²) in [5, 5.41) is 45.5. The van der Waals surface area contributed by atoms with E-state index < -0.39 is 83.5 Å². The summed E-state index contributed by atoms with van der Waals surface area (Å²) < 4.78 is 51.0. The van der Waals surface area contributed by atoms with E-state index in [4.69, 9.17) is 31.0 Å². The van der Waals surface area contributed by atoms with Crippen molar-refractivity contribution in [1.82, 2.24) is 24.4 Å². The van der Waals surface area contributed by atoms with E-state index >= 15 is 0 Å². The molecule has 1 amide bonds. The second-order valence-electron chi connectivity index (χ2n) is 10.3. The maximum absolute atomic E-state index is 12.6. The zero-order valence-electron chi connectivity index (χ0n) is 23.6. The number of phosphoric acid groups is 2. The molecule has 5 rings (SSSR count). The Bertz CT molecular complexity index is 1740. The lowest BCUT2D eigenvalue weighted by Gasteiger charge is -2.28. The molecular formula is C21H28N10O14P2. The number of carbonyl (C=O) groups excluding carboxylic acids is 1. The van der Waals surface area contributed by atoms with Crippen molar-refractivity contribution < 1.29 is 67.0 Å². The molecule has 5 heterocycles. The topological polar surface area (TPSA) is 366 Å². The molecule has 26 heteroatoms. The molecule has 24 nitrogen and oxygen atoms in total. The molecule has 0 aliphatic carbocycles. The molecule has 2 saturated heterocycles. The number of hydrogen-bond acceptors (Lipinski definition) is 18. The van der Waals surface area contributed by atoms with E-state index in [2.05, 4.69) is 33.8 Å². The number of phosphoric ester groups is 2. The number of allylic oxidation sites excluding steroid dienone is 1. The first-order valence-electron chi connectivity index (χ1n) is 13.2. The third kappa shape index (κ3) is 7.02. The summed E-state index contributed by atoms with van der Waals surface area (Å²) in [6, 6.07) is 0. The van der Waals surface area contributed by atoms with Gasteiger partial charge < -0.3 is 56.1 Å². The van der Waals surface area contributed by atoms with Crippen LogP contribution < -0.4 is 11.5 Å². The second kappa shape index (κ2) is 13.1. The van der Waals surface area contributed by atoms with Gasteiger partial charge >= 0.3 is 15.6 Å². The van der Waals surface area contributed by atoms with Crippen molar-refractivity contribution in [3.63, 3.8) is 0 Å². The van der Waals surface area contributed by atoms with Gasteiger partial charge in [-0.25, -0.2) is 24.1 Å². The third-order valence-electron chi connectivity index (χ3n) is 7.19.